The molecule has 0 saturated heterocycles. The summed E-state index contributed by atoms with van der Waals surface area (Å²) >= 11 is 0. The highest BCUT2D eigenvalue weighted by Gasteiger charge is 2.25. The van der Waals surface area contributed by atoms with Crippen molar-refractivity contribution in [2.24, 2.45) is 5.73 Å². The number of carbonyl (C=O) groups is 1. The van der Waals surface area contributed by atoms with Gasteiger partial charge in [0.25, 0.3) is 0 Å². The lowest BCUT2D eigenvalue weighted by Crippen LogP contribution is -2.51. The zero-order valence-corrected chi connectivity index (χ0v) is 21.1. The maximum atomic E-state index is 12.3. The van der Waals surface area contributed by atoms with Crippen LogP contribution in [-0.2, 0) is 28.8 Å². The summed E-state index contributed by atoms with van der Waals surface area (Å²) in [4.78, 5) is 12.3. The molecule has 0 aliphatic heterocycles. The van der Waals surface area contributed by atoms with Crippen LogP contribution < -0.4 is 10.5 Å². The molecular weight excluding hydrogens is 468 g/mol. The highest BCUT2D eigenvalue weighted by atomic mass is 16.5. The number of ether oxygens (including phenoxy) is 2. The number of esters is 1. The monoisotopic (exact) mass is 502 g/mol. The number of fused-ring (bicyclic) bond motifs is 1. The lowest BCUT2D eigenvalue weighted by atomic mass is 10.0. The molecule has 0 aliphatic carbocycles. The lowest BCUT2D eigenvalue weighted by Gasteiger charge is -2.23. The summed E-state index contributed by atoms with van der Waals surface area (Å²) in [7, 11) is 1.68. The van der Waals surface area contributed by atoms with E-state index in [-0.39, 0.29) is 13.0 Å². The number of aryl methyl sites for hydroxylation is 3. The first-order chi connectivity index (χ1) is 17.9. The minimum absolute atomic E-state index is 0.178. The smallest absolute Gasteiger partial charge is 0.306 e. The van der Waals surface area contributed by atoms with Gasteiger partial charge < -0.3 is 30.0 Å². The van der Waals surface area contributed by atoms with Crippen molar-refractivity contribution >= 4 is 16.9 Å². The molecule has 7 nitrogen and oxygen atoms in total. The summed E-state index contributed by atoms with van der Waals surface area (Å²) in [5.74, 6) is 0.431. The predicted octanol–water partition coefficient (Wildman–Crippen LogP) is 3.58. The fourth-order valence-corrected chi connectivity index (χ4v) is 4.29. The van der Waals surface area contributed by atoms with Gasteiger partial charge in [0.2, 0.25) is 0 Å². The first-order valence-corrected chi connectivity index (χ1v) is 12.4. The van der Waals surface area contributed by atoms with E-state index in [1.54, 1.807) is 7.11 Å². The molecule has 194 valence electrons. The minimum Gasteiger partial charge on any atom is -0.497 e. The van der Waals surface area contributed by atoms with E-state index in [0.29, 0.717) is 6.42 Å². The summed E-state index contributed by atoms with van der Waals surface area (Å²) < 4.78 is 12.8. The Kier molecular flexibility index (Phi) is 8.61. The third kappa shape index (κ3) is 6.57. The molecule has 7 heteroatoms. The molecule has 4 rings (SSSR count). The molecular formula is C30H34N2O5. The van der Waals surface area contributed by atoms with Crippen LogP contribution in [0.1, 0.15) is 23.1 Å². The van der Waals surface area contributed by atoms with Crippen molar-refractivity contribution in [1.82, 2.24) is 4.57 Å². The number of nitrogens with zero attached hydrogens (tertiary/aromatic N) is 1. The topological polar surface area (TPSA) is 107 Å². The SMILES string of the molecule is COc1cccc(CCc2cn(-c3ccccc3)c3ccc(CCC(=O)OCC(N)(CO)CO)cc23)c1. The average Bonchev–Trinajstić information content (AvgIpc) is 3.32. The van der Waals surface area contributed by atoms with Gasteiger partial charge in [0.1, 0.15) is 12.4 Å². The number of nitrogens with two attached hydrogens (primary N) is 1. The summed E-state index contributed by atoms with van der Waals surface area (Å²) in [5.41, 5.74) is 10.1. The van der Waals surface area contributed by atoms with E-state index in [4.69, 9.17) is 15.2 Å². The van der Waals surface area contributed by atoms with Gasteiger partial charge in [-0.1, -0.05) is 36.4 Å². The Morgan fingerprint density at radius 1 is 0.919 bits per heavy atom. The molecule has 0 spiro atoms. The van der Waals surface area contributed by atoms with Crippen molar-refractivity contribution in [2.45, 2.75) is 31.2 Å². The summed E-state index contributed by atoms with van der Waals surface area (Å²) in [6.45, 7) is -1.17. The Bertz CT molecular complexity index is 1330. The van der Waals surface area contributed by atoms with Gasteiger partial charge in [0.05, 0.1) is 31.4 Å². The zero-order chi connectivity index (χ0) is 26.3. The van der Waals surface area contributed by atoms with Crippen LogP contribution in [0.15, 0.2) is 79.0 Å². The van der Waals surface area contributed by atoms with E-state index in [1.807, 2.05) is 36.4 Å². The van der Waals surface area contributed by atoms with Gasteiger partial charge in [0, 0.05) is 23.7 Å². The van der Waals surface area contributed by atoms with E-state index >= 15 is 0 Å². The molecule has 0 atom stereocenters. The first kappa shape index (κ1) is 26.4. The van der Waals surface area contributed by atoms with Crippen LogP contribution >= 0.6 is 0 Å². The highest BCUT2D eigenvalue weighted by molar-refractivity contribution is 5.86. The first-order valence-electron chi connectivity index (χ1n) is 12.4. The molecule has 0 saturated carbocycles. The van der Waals surface area contributed by atoms with E-state index in [9.17, 15) is 15.0 Å². The van der Waals surface area contributed by atoms with Gasteiger partial charge in [0.15, 0.2) is 0 Å². The Morgan fingerprint density at radius 2 is 1.68 bits per heavy atom. The number of rotatable bonds is 12. The van der Waals surface area contributed by atoms with E-state index in [2.05, 4.69) is 47.2 Å². The fourth-order valence-electron chi connectivity index (χ4n) is 4.29. The van der Waals surface area contributed by atoms with Gasteiger partial charge in [-0.25, -0.2) is 0 Å². The maximum absolute atomic E-state index is 12.3. The molecule has 0 aliphatic rings. The molecule has 0 radical (unpaired) electrons. The molecule has 0 unspecified atom stereocenters. The lowest BCUT2D eigenvalue weighted by molar-refractivity contribution is -0.146. The number of benzene rings is 3. The Morgan fingerprint density at radius 3 is 2.41 bits per heavy atom. The van der Waals surface area contributed by atoms with Crippen molar-refractivity contribution in [1.29, 1.82) is 0 Å². The van der Waals surface area contributed by atoms with Gasteiger partial charge in [-0.15, -0.1) is 0 Å². The molecule has 1 heterocycles. The molecule has 1 aromatic heterocycles. The van der Waals surface area contributed by atoms with E-state index in [0.717, 1.165) is 40.7 Å². The van der Waals surface area contributed by atoms with E-state index < -0.39 is 24.7 Å². The predicted molar refractivity (Wildman–Crippen MR) is 144 cm³/mol. The van der Waals surface area contributed by atoms with Crippen LogP contribution in [0.25, 0.3) is 16.6 Å². The van der Waals surface area contributed by atoms with Crippen molar-refractivity contribution in [3.63, 3.8) is 0 Å². The second kappa shape index (κ2) is 12.1. The number of hydrogen-bond donors (Lipinski definition) is 3. The second-order valence-electron chi connectivity index (χ2n) is 9.40. The standard InChI is InChI=1S/C30H34N2O5/c1-36-26-9-5-6-22(16-26)10-13-24-18-32(25-7-3-2-4-8-25)28-14-11-23(17-27(24)28)12-15-29(35)37-21-30(31,19-33)20-34/h2-9,11,14,16-18,33-34H,10,12-13,15,19-21,31H2,1H3. The summed E-state index contributed by atoms with van der Waals surface area (Å²) in [5, 5.41) is 19.7. The number of aromatic nitrogens is 1. The number of aliphatic hydroxyl groups is 2. The van der Waals surface area contributed by atoms with Crippen LogP contribution in [-0.4, -0.2) is 53.2 Å². The molecule has 0 amide bonds. The highest BCUT2D eigenvalue weighted by Crippen LogP contribution is 2.28. The largest absolute Gasteiger partial charge is 0.497 e. The number of carbonyl (C=O) groups excluding carboxylic acids is 1. The van der Waals surface area contributed by atoms with Crippen molar-refractivity contribution in [3.05, 3.63) is 95.7 Å². The Balaban J connectivity index is 1.54. The maximum Gasteiger partial charge on any atom is 0.306 e. The molecule has 3 aromatic carbocycles. The van der Waals surface area contributed by atoms with E-state index in [1.165, 1.54) is 11.1 Å². The second-order valence-corrected chi connectivity index (χ2v) is 9.40. The summed E-state index contributed by atoms with van der Waals surface area (Å²) in [6, 6.07) is 24.7. The van der Waals surface area contributed by atoms with Gasteiger partial charge in [-0.2, -0.15) is 0 Å². The van der Waals surface area contributed by atoms with Crippen LogP contribution in [0.4, 0.5) is 0 Å². The van der Waals surface area contributed by atoms with Crippen LogP contribution in [0.5, 0.6) is 5.75 Å². The Labute approximate surface area is 217 Å². The third-order valence-corrected chi connectivity index (χ3v) is 6.57. The quantitative estimate of drug-likeness (QED) is 0.256. The third-order valence-electron chi connectivity index (χ3n) is 6.57. The normalized spacial score (nSPS) is 11.6. The number of methoxy groups -OCH3 is 1. The van der Waals surface area contributed by atoms with Crippen molar-refractivity contribution in [3.8, 4) is 11.4 Å². The minimum atomic E-state index is -1.33. The number of aliphatic hydroxyl groups excluding tert-OH is 2. The summed E-state index contributed by atoms with van der Waals surface area (Å²) in [6.07, 6.45) is 4.62. The van der Waals surface area contributed by atoms with Gasteiger partial charge >= 0.3 is 5.97 Å². The van der Waals surface area contributed by atoms with Gasteiger partial charge in [-0.3, -0.25) is 4.79 Å². The van der Waals surface area contributed by atoms with Crippen LogP contribution in [0.3, 0.4) is 0 Å². The Hall–Kier alpha value is -3.65. The molecule has 4 N–H and O–H groups in total. The van der Waals surface area contributed by atoms with Crippen LogP contribution in [0.2, 0.25) is 0 Å². The molecule has 0 bridgehead atoms. The van der Waals surface area contributed by atoms with Crippen LogP contribution in [0, 0.1) is 0 Å². The fraction of sp³-hybridized carbons (Fsp3) is 0.300. The molecule has 4 aromatic rings. The zero-order valence-electron chi connectivity index (χ0n) is 21.1. The van der Waals surface area contributed by atoms with Gasteiger partial charge in [-0.05, 0) is 72.4 Å². The van der Waals surface area contributed by atoms with Crippen molar-refractivity contribution < 1.29 is 24.5 Å². The number of para-hydroxylation sites is 1. The number of hydrogen-bond acceptors (Lipinski definition) is 6. The average molecular weight is 503 g/mol. The molecule has 0 fully saturated rings. The molecule has 37 heavy (non-hydrogen) atoms. The van der Waals surface area contributed by atoms with Crippen molar-refractivity contribution in [2.75, 3.05) is 26.9 Å².